The lowest BCUT2D eigenvalue weighted by atomic mass is 10.0. The lowest BCUT2D eigenvalue weighted by Gasteiger charge is -2.13. The zero-order chi connectivity index (χ0) is 107. The maximum atomic E-state index is 13.3. The summed E-state index contributed by atoms with van der Waals surface area (Å²) < 4.78 is 97.9. The minimum atomic E-state index is -0.543. The predicted molar refractivity (Wildman–Crippen MR) is 575 cm³/mol. The van der Waals surface area contributed by atoms with E-state index in [2.05, 4.69) is 32.9 Å². The van der Waals surface area contributed by atoms with Gasteiger partial charge in [-0.3, -0.25) is 24.0 Å². The van der Waals surface area contributed by atoms with Crippen LogP contribution in [0.5, 0.6) is 74.7 Å². The van der Waals surface area contributed by atoms with E-state index in [-0.39, 0.29) is 112 Å². The van der Waals surface area contributed by atoms with Crippen LogP contribution in [0.3, 0.4) is 0 Å². The van der Waals surface area contributed by atoms with E-state index >= 15 is 0 Å². The molecule has 0 atom stereocenters. The summed E-state index contributed by atoms with van der Waals surface area (Å²) in [6, 6.07) is 55.3. The molecule has 148 heavy (non-hydrogen) atoms. The largest absolute Gasteiger partial charge is 0.497 e. The van der Waals surface area contributed by atoms with E-state index < -0.39 is 33.9 Å². The highest BCUT2D eigenvalue weighted by molar-refractivity contribution is 6.19. The van der Waals surface area contributed by atoms with Crippen LogP contribution in [0.1, 0.15) is 121 Å². The average Bonchev–Trinajstić information content (AvgIpc) is 0.784. The van der Waals surface area contributed by atoms with Crippen molar-refractivity contribution in [2.24, 2.45) is 0 Å². The van der Waals surface area contributed by atoms with Crippen molar-refractivity contribution in [3.05, 3.63) is 422 Å². The van der Waals surface area contributed by atoms with Gasteiger partial charge in [0.05, 0.1) is 56.9 Å². The highest BCUT2D eigenvalue weighted by Gasteiger charge is 2.27. The summed E-state index contributed by atoms with van der Waals surface area (Å²) >= 11 is 0. The van der Waals surface area contributed by atoms with Gasteiger partial charge in [-0.15, -0.1) is 0 Å². The molecule has 0 amide bonds. The van der Waals surface area contributed by atoms with Gasteiger partial charge in [-0.25, -0.2) is 24.0 Å². The average molecular weight is 2000 g/mol. The second kappa shape index (κ2) is 52.4. The Labute approximate surface area is 852 Å². The van der Waals surface area contributed by atoms with Crippen LogP contribution in [-0.2, 0) is 0 Å². The molecule has 0 saturated carbocycles. The normalized spacial score (nSPS) is 10.9. The molecule has 28 nitrogen and oxygen atoms in total. The lowest BCUT2D eigenvalue weighted by molar-refractivity contribution is 0.103. The Balaban J connectivity index is 0.000000176. The monoisotopic (exact) mass is 2000 g/mol. The van der Waals surface area contributed by atoms with Gasteiger partial charge in [0.15, 0.2) is 79.8 Å². The van der Waals surface area contributed by atoms with Crippen LogP contribution in [-0.4, -0.2) is 119 Å². The van der Waals surface area contributed by atoms with Gasteiger partial charge in [-0.1, -0.05) is 136 Å². The molecule has 15 rings (SSSR count). The summed E-state index contributed by atoms with van der Waals surface area (Å²) in [6.07, 6.45) is 20.1. The first-order valence-electron chi connectivity index (χ1n) is 45.9. The van der Waals surface area contributed by atoms with Crippen molar-refractivity contribution in [2.45, 2.75) is 48.5 Å². The van der Waals surface area contributed by atoms with Gasteiger partial charge in [-0.05, 0) is 255 Å². The number of fused-ring (bicyclic) bond motifs is 5. The Morgan fingerprint density at radius 2 is 0.500 bits per heavy atom. The van der Waals surface area contributed by atoms with Gasteiger partial charge in [0.25, 0.3) is 0 Å². The van der Waals surface area contributed by atoms with Crippen molar-refractivity contribution in [2.75, 3.05) is 89.9 Å². The van der Waals surface area contributed by atoms with Gasteiger partial charge >= 0.3 is 28.1 Å². The highest BCUT2D eigenvalue weighted by atomic mass is 16.5. The quantitative estimate of drug-likeness (QED) is 0.0150. The minimum Gasteiger partial charge on any atom is -0.497 e. The third kappa shape index (κ3) is 28.0. The number of allylic oxidation sites excluding steroid dienone is 5. The van der Waals surface area contributed by atoms with Crippen LogP contribution >= 0.6 is 0 Å². The first-order chi connectivity index (χ1) is 71.2. The van der Waals surface area contributed by atoms with Gasteiger partial charge in [-0.2, -0.15) is 0 Å². The maximum absolute atomic E-state index is 13.3. The van der Waals surface area contributed by atoms with Crippen molar-refractivity contribution < 1.29 is 108 Å². The summed E-state index contributed by atoms with van der Waals surface area (Å²) in [5.41, 5.74) is 8.39. The van der Waals surface area contributed by atoms with Gasteiger partial charge < -0.3 is 83.7 Å². The van der Waals surface area contributed by atoms with Crippen LogP contribution < -0.4 is 89.7 Å². The van der Waals surface area contributed by atoms with Crippen molar-refractivity contribution in [1.82, 2.24) is 0 Å². The lowest BCUT2D eigenvalue weighted by Crippen LogP contribution is -2.07. The SMILES string of the molecule is C=C(C)COc1ccc2c(C)cc(=O)oc2c1C(=O)/C=C/c1cc(OC)c(OC)c(OC)c1.C=C(C)COc1ccc2c(C)cc(=O)oc2c1C(=O)/C=C/c1cccc(OC)c1.C=CCOc1ccc2c(C)cc(=O)oc2c1C(=O)/C=C/c1cc(OC)c(OC)c(OC)c1.C=CCOc1ccc2c(C)cc(=O)oc2c1C(=O)/C=C/c1cccc(OC)c1.C=CCOc1ccc2c(C)cc(=O)oc2c1C(=O)/C=C/c1ccccc1. The number of hydrogen-bond acceptors (Lipinski definition) is 28. The molecule has 0 unspecified atom stereocenters. The molecule has 758 valence electrons. The van der Waals surface area contributed by atoms with E-state index in [0.717, 1.165) is 44.5 Å². The number of hydrogen-bond donors (Lipinski definition) is 0. The third-order valence-corrected chi connectivity index (χ3v) is 22.2. The van der Waals surface area contributed by atoms with E-state index in [4.69, 9.17) is 83.7 Å². The summed E-state index contributed by atoms with van der Waals surface area (Å²) in [6.45, 7) is 32.3. The fourth-order valence-corrected chi connectivity index (χ4v) is 15.2. The van der Waals surface area contributed by atoms with Crippen molar-refractivity contribution in [3.8, 4) is 74.7 Å². The predicted octanol–water partition coefficient (Wildman–Crippen LogP) is 23.7. The van der Waals surface area contributed by atoms with Crippen LogP contribution in [0.25, 0.3) is 85.2 Å². The van der Waals surface area contributed by atoms with Gasteiger partial charge in [0.2, 0.25) is 11.5 Å². The molecular weight excluding hydrogens is 1890 g/mol. The standard InChI is InChI=1S/C26H26O7.C25H24O7.C24H22O5.C23H20O5.C22H18O4/c1-15(2)14-32-20-10-8-18-16(3)11-23(28)33-25(18)24(20)19(27)9-7-17-12-21(29-4)26(31-6)22(13-17)30-5;1-6-11-31-19-10-8-17-15(2)12-22(27)32-24(17)23(19)18(26)9-7-16-13-20(28-3)25(30-5)21(14-16)29-4;1-15(2)14-28-21-11-9-19-16(3)12-22(26)29-24(19)23(21)20(25)10-8-17-6-5-7-18(13-17)27-4;1-4-12-27-20-11-9-18-15(2)13-21(25)28-23(18)22(20)19(24)10-8-16-6-5-7-17(14-16)26-3;1-3-13-25-19-12-10-17-15(2)14-20(24)26-22(17)21(19)18(23)11-9-16-7-5-4-6-8-16/h7-13H,1,14H2,2-6H3;6-10,12-14H,1,11H2,2-5H3;5-13H,1,14H2,2-4H3;4-11,13-14H,1,12H2,2-3H3;3-12,14H,1,13H2,2H3/b2*9-7+;2*10-8+;11-9+. The molecule has 0 spiro atoms. The first-order valence-corrected chi connectivity index (χ1v) is 45.9. The zero-order valence-electron chi connectivity index (χ0n) is 84.5. The van der Waals surface area contributed by atoms with E-state index in [1.807, 2.05) is 92.7 Å². The number of ether oxygens (including phenoxy) is 13. The minimum absolute atomic E-state index is 0.161. The summed E-state index contributed by atoms with van der Waals surface area (Å²) in [4.78, 5) is 125. The molecule has 0 N–H and O–H groups in total. The Hall–Kier alpha value is -18.6. The maximum Gasteiger partial charge on any atom is 0.336 e. The molecule has 0 aliphatic carbocycles. The zero-order valence-corrected chi connectivity index (χ0v) is 84.5. The van der Waals surface area contributed by atoms with Crippen LogP contribution in [0.4, 0.5) is 0 Å². The fraction of sp³-hybridized carbons (Fsp3) is 0.167. The van der Waals surface area contributed by atoms with Gasteiger partial charge in [0, 0.05) is 57.3 Å². The molecule has 5 aromatic heterocycles. The van der Waals surface area contributed by atoms with Crippen molar-refractivity contribution in [1.29, 1.82) is 0 Å². The number of carbonyl (C=O) groups excluding carboxylic acids is 5. The van der Waals surface area contributed by atoms with Crippen LogP contribution in [0.15, 0.2) is 333 Å². The number of rotatable bonds is 38. The number of methoxy groups -OCH3 is 8. The number of ketones is 5. The number of aryl methyl sites for hydroxylation is 5. The molecule has 0 aliphatic heterocycles. The number of benzene rings is 10. The summed E-state index contributed by atoms with van der Waals surface area (Å²) in [7, 11) is 12.3. The molecule has 0 bridgehead atoms. The van der Waals surface area contributed by atoms with Crippen molar-refractivity contribution >= 4 is 114 Å². The topological polar surface area (TPSA) is 356 Å². The second-order valence-electron chi connectivity index (χ2n) is 33.0. The summed E-state index contributed by atoms with van der Waals surface area (Å²) in [5, 5.41) is 3.38. The van der Waals surface area contributed by atoms with Gasteiger partial charge in [0.1, 0.15) is 101 Å². The molecule has 5 heterocycles. The molecule has 15 aromatic rings. The van der Waals surface area contributed by atoms with E-state index in [1.165, 1.54) is 103 Å². The smallest absolute Gasteiger partial charge is 0.336 e. The molecular formula is C120H110O28. The van der Waals surface area contributed by atoms with E-state index in [1.54, 1.807) is 182 Å². The summed E-state index contributed by atoms with van der Waals surface area (Å²) in [5.74, 6) is 4.01. The van der Waals surface area contributed by atoms with E-state index in [0.29, 0.717) is 124 Å². The Bertz CT molecular complexity index is 8010. The Kier molecular flexibility index (Phi) is 38.9. The van der Waals surface area contributed by atoms with E-state index in [9.17, 15) is 47.9 Å². The Morgan fingerprint density at radius 3 is 0.730 bits per heavy atom. The van der Waals surface area contributed by atoms with Crippen LogP contribution in [0, 0.1) is 34.6 Å². The first kappa shape index (κ1) is 110. The Morgan fingerprint density at radius 1 is 0.264 bits per heavy atom. The second-order valence-corrected chi connectivity index (χ2v) is 33.0. The third-order valence-electron chi connectivity index (χ3n) is 22.2. The molecule has 28 heteroatoms. The van der Waals surface area contributed by atoms with Crippen molar-refractivity contribution in [3.63, 3.8) is 0 Å². The fourth-order valence-electron chi connectivity index (χ4n) is 15.2. The molecule has 0 saturated heterocycles. The highest BCUT2D eigenvalue weighted by Crippen LogP contribution is 2.43. The molecule has 0 aliphatic rings. The molecule has 0 radical (unpaired) electrons. The van der Waals surface area contributed by atoms with Crippen LogP contribution in [0.2, 0.25) is 0 Å². The molecule has 10 aromatic carbocycles. The number of carbonyl (C=O) groups is 5. The molecule has 0 fully saturated rings.